The highest BCUT2D eigenvalue weighted by Gasteiger charge is 2.37. The number of esters is 1. The lowest BCUT2D eigenvalue weighted by atomic mass is 10.1. The number of methoxy groups -OCH3 is 1. The van der Waals surface area contributed by atoms with Crippen molar-refractivity contribution in [3.8, 4) is 11.8 Å². The number of carbonyl (C=O) groups excluding carboxylic acids is 1. The smallest absolute Gasteiger partial charge is 0.337 e. The first-order chi connectivity index (χ1) is 8.20. The van der Waals surface area contributed by atoms with Crippen molar-refractivity contribution < 1.29 is 19.0 Å². The molecular formula is C13H18O4. The fraction of sp³-hybridized carbons (Fsp3) is 0.615. The van der Waals surface area contributed by atoms with Gasteiger partial charge in [0, 0.05) is 19.6 Å². The summed E-state index contributed by atoms with van der Waals surface area (Å²) in [6, 6.07) is 0. The van der Waals surface area contributed by atoms with Crippen LogP contribution in [0.25, 0.3) is 0 Å². The van der Waals surface area contributed by atoms with Gasteiger partial charge in [0.2, 0.25) is 0 Å². The average molecular weight is 238 g/mol. The summed E-state index contributed by atoms with van der Waals surface area (Å²) in [6.07, 6.45) is 2.72. The minimum absolute atomic E-state index is 0.130. The van der Waals surface area contributed by atoms with Crippen LogP contribution in [0.1, 0.15) is 26.7 Å². The number of cyclic esters (lactones) is 1. The molecule has 1 heterocycles. The first kappa shape index (κ1) is 13.8. The van der Waals surface area contributed by atoms with E-state index in [1.807, 2.05) is 0 Å². The van der Waals surface area contributed by atoms with Crippen molar-refractivity contribution in [1.82, 2.24) is 0 Å². The number of ether oxygens (including phenoxy) is 3. The van der Waals surface area contributed by atoms with Gasteiger partial charge in [-0.3, -0.25) is 0 Å². The maximum Gasteiger partial charge on any atom is 0.337 e. The Morgan fingerprint density at radius 2 is 2.29 bits per heavy atom. The molecule has 1 fully saturated rings. The Kier molecular flexibility index (Phi) is 5.75. The van der Waals surface area contributed by atoms with Crippen LogP contribution in [0.2, 0.25) is 0 Å². The second-order valence-electron chi connectivity index (χ2n) is 3.78. The second-order valence-corrected chi connectivity index (χ2v) is 3.78. The molecule has 1 saturated heterocycles. The Balaban J connectivity index is 2.72. The normalized spacial score (nSPS) is 25.6. The molecule has 1 aliphatic rings. The number of hydrogen-bond donors (Lipinski definition) is 0. The fourth-order valence-corrected chi connectivity index (χ4v) is 1.50. The molecule has 0 saturated carbocycles. The number of allylic oxidation sites excluding steroid dienone is 1. The number of hydrogen-bond acceptors (Lipinski definition) is 4. The molecule has 17 heavy (non-hydrogen) atoms. The zero-order valence-corrected chi connectivity index (χ0v) is 10.5. The average Bonchev–Trinajstić information content (AvgIpc) is 2.57. The molecule has 4 nitrogen and oxygen atoms in total. The van der Waals surface area contributed by atoms with Crippen LogP contribution in [0.4, 0.5) is 0 Å². The highest BCUT2D eigenvalue weighted by Crippen LogP contribution is 2.23. The van der Waals surface area contributed by atoms with E-state index in [4.69, 9.17) is 14.2 Å². The van der Waals surface area contributed by atoms with E-state index < -0.39 is 6.10 Å². The monoisotopic (exact) mass is 238 g/mol. The van der Waals surface area contributed by atoms with Gasteiger partial charge in [-0.05, 0) is 13.3 Å². The molecule has 0 N–H and O–H groups in total. The molecule has 94 valence electrons. The van der Waals surface area contributed by atoms with E-state index in [-0.39, 0.29) is 18.9 Å². The molecule has 0 aliphatic carbocycles. The second kappa shape index (κ2) is 7.10. The predicted molar refractivity (Wildman–Crippen MR) is 63.1 cm³/mol. The van der Waals surface area contributed by atoms with Crippen molar-refractivity contribution in [3.63, 3.8) is 0 Å². The highest BCUT2D eigenvalue weighted by molar-refractivity contribution is 5.92. The lowest BCUT2D eigenvalue weighted by molar-refractivity contribution is -0.140. The first-order valence-corrected chi connectivity index (χ1v) is 5.70. The summed E-state index contributed by atoms with van der Waals surface area (Å²) in [7, 11) is 1.53. The summed E-state index contributed by atoms with van der Waals surface area (Å²) in [6.45, 7) is 3.97. The zero-order valence-electron chi connectivity index (χ0n) is 10.5. The quantitative estimate of drug-likeness (QED) is 0.323. The van der Waals surface area contributed by atoms with Gasteiger partial charge in [-0.1, -0.05) is 18.8 Å². The first-order valence-electron chi connectivity index (χ1n) is 5.70. The summed E-state index contributed by atoms with van der Waals surface area (Å²) >= 11 is 0. The van der Waals surface area contributed by atoms with E-state index in [1.165, 1.54) is 7.11 Å². The molecule has 0 aromatic carbocycles. The van der Waals surface area contributed by atoms with Gasteiger partial charge < -0.3 is 14.2 Å². The van der Waals surface area contributed by atoms with Crippen molar-refractivity contribution in [2.45, 2.75) is 38.9 Å². The molecule has 0 aromatic rings. The van der Waals surface area contributed by atoms with E-state index in [0.717, 1.165) is 12.8 Å². The van der Waals surface area contributed by atoms with E-state index in [1.54, 1.807) is 13.0 Å². The van der Waals surface area contributed by atoms with Crippen molar-refractivity contribution in [2.24, 2.45) is 0 Å². The zero-order chi connectivity index (χ0) is 12.7. The fourth-order valence-electron chi connectivity index (χ4n) is 1.50. The molecule has 0 bridgehead atoms. The molecule has 4 heteroatoms. The van der Waals surface area contributed by atoms with Crippen LogP contribution in [0.5, 0.6) is 0 Å². The molecule has 0 spiro atoms. The summed E-state index contributed by atoms with van der Waals surface area (Å²) in [5.41, 5.74) is 0.471. The van der Waals surface area contributed by atoms with Gasteiger partial charge in [0.1, 0.15) is 19.0 Å². The van der Waals surface area contributed by atoms with Crippen LogP contribution in [-0.2, 0) is 19.0 Å². The van der Waals surface area contributed by atoms with Crippen LogP contribution in [0.3, 0.4) is 0 Å². The van der Waals surface area contributed by atoms with E-state index in [2.05, 4.69) is 18.8 Å². The minimum Gasteiger partial charge on any atom is -0.456 e. The predicted octanol–water partition coefficient (Wildman–Crippen LogP) is 1.65. The van der Waals surface area contributed by atoms with Crippen LogP contribution in [-0.4, -0.2) is 32.1 Å². The summed E-state index contributed by atoms with van der Waals surface area (Å²) in [5.74, 6) is 5.45. The highest BCUT2D eigenvalue weighted by atomic mass is 16.7. The largest absolute Gasteiger partial charge is 0.456 e. The lowest BCUT2D eigenvalue weighted by Gasteiger charge is -2.13. The van der Waals surface area contributed by atoms with Crippen molar-refractivity contribution in [3.05, 3.63) is 11.6 Å². The molecule has 1 rings (SSSR count). The Morgan fingerprint density at radius 1 is 1.53 bits per heavy atom. The molecule has 0 aromatic heterocycles. The number of carbonyl (C=O) groups is 1. The third kappa shape index (κ3) is 3.88. The van der Waals surface area contributed by atoms with Crippen LogP contribution >= 0.6 is 0 Å². The summed E-state index contributed by atoms with van der Waals surface area (Å²) < 4.78 is 15.3. The maximum absolute atomic E-state index is 11.5. The van der Waals surface area contributed by atoms with Crippen molar-refractivity contribution >= 4 is 5.97 Å². The number of rotatable bonds is 4. The van der Waals surface area contributed by atoms with E-state index in [0.29, 0.717) is 5.57 Å². The van der Waals surface area contributed by atoms with Gasteiger partial charge in [0.05, 0.1) is 5.57 Å². The Labute approximate surface area is 102 Å². The van der Waals surface area contributed by atoms with Crippen molar-refractivity contribution in [1.29, 1.82) is 0 Å². The van der Waals surface area contributed by atoms with Gasteiger partial charge in [-0.25, -0.2) is 4.79 Å². The van der Waals surface area contributed by atoms with Crippen LogP contribution < -0.4 is 0 Å². The van der Waals surface area contributed by atoms with Gasteiger partial charge in [0.25, 0.3) is 0 Å². The topological polar surface area (TPSA) is 44.8 Å². The molecule has 0 unspecified atom stereocenters. The number of unbranched alkanes of at least 4 members (excludes halogenated alkanes) is 1. The SMILES string of the molecule is CCCC#C/C=C1/C(=O)O[C@@H](C)[C@@H]1OCOC. The van der Waals surface area contributed by atoms with Gasteiger partial charge >= 0.3 is 5.97 Å². The minimum atomic E-state index is -0.390. The van der Waals surface area contributed by atoms with Gasteiger partial charge in [0.15, 0.2) is 0 Å². The van der Waals surface area contributed by atoms with Crippen LogP contribution in [0.15, 0.2) is 11.6 Å². The van der Waals surface area contributed by atoms with Crippen LogP contribution in [0, 0.1) is 11.8 Å². The Hall–Kier alpha value is -1.31. The Morgan fingerprint density at radius 3 is 2.94 bits per heavy atom. The lowest BCUT2D eigenvalue weighted by Crippen LogP contribution is -2.23. The Bertz CT molecular complexity index is 348. The summed E-state index contributed by atoms with van der Waals surface area (Å²) in [4.78, 5) is 11.5. The third-order valence-electron chi connectivity index (χ3n) is 2.33. The molecular weight excluding hydrogens is 220 g/mol. The molecule has 0 amide bonds. The van der Waals surface area contributed by atoms with Crippen molar-refractivity contribution in [2.75, 3.05) is 13.9 Å². The van der Waals surface area contributed by atoms with Gasteiger partial charge in [-0.15, -0.1) is 0 Å². The summed E-state index contributed by atoms with van der Waals surface area (Å²) in [5, 5.41) is 0. The molecule has 0 radical (unpaired) electrons. The molecule has 2 atom stereocenters. The molecule has 1 aliphatic heterocycles. The standard InChI is InChI=1S/C13H18O4/c1-4-5-6-7-8-11-12(16-9-15-3)10(2)17-13(11)14/h8,10,12H,4-5,9H2,1-3H3/b11-8+/t10-,12-/m0/s1. The van der Waals surface area contributed by atoms with Gasteiger partial charge in [-0.2, -0.15) is 0 Å². The van der Waals surface area contributed by atoms with E-state index >= 15 is 0 Å². The third-order valence-corrected chi connectivity index (χ3v) is 2.33. The maximum atomic E-state index is 11.5. The van der Waals surface area contributed by atoms with E-state index in [9.17, 15) is 4.79 Å².